The van der Waals surface area contributed by atoms with Gasteiger partial charge in [-0.3, -0.25) is 4.98 Å². The van der Waals surface area contributed by atoms with Crippen LogP contribution in [0.2, 0.25) is 0 Å². The van der Waals surface area contributed by atoms with Crippen molar-refractivity contribution in [2.45, 2.75) is 12.8 Å². The Morgan fingerprint density at radius 2 is 2.42 bits per heavy atom. The maximum Gasteiger partial charge on any atom is 0.0837 e. The number of pyridine rings is 1. The zero-order valence-electron chi connectivity index (χ0n) is 6.96. The van der Waals surface area contributed by atoms with Crippen LogP contribution in [0.25, 0.3) is 0 Å². The SMILES string of the molecule is C=CCCC(=N)c1ccccn1. The monoisotopic (exact) mass is 160 g/mol. The first-order valence-electron chi connectivity index (χ1n) is 3.94. The zero-order valence-corrected chi connectivity index (χ0v) is 6.96. The molecule has 0 atom stereocenters. The molecule has 0 radical (unpaired) electrons. The van der Waals surface area contributed by atoms with Crippen molar-refractivity contribution in [1.29, 1.82) is 5.41 Å². The zero-order chi connectivity index (χ0) is 8.81. The van der Waals surface area contributed by atoms with Crippen LogP contribution in [0.5, 0.6) is 0 Å². The smallest absolute Gasteiger partial charge is 0.0837 e. The third-order valence-electron chi connectivity index (χ3n) is 1.57. The quantitative estimate of drug-likeness (QED) is 0.533. The van der Waals surface area contributed by atoms with Gasteiger partial charge >= 0.3 is 0 Å². The van der Waals surface area contributed by atoms with Crippen molar-refractivity contribution in [1.82, 2.24) is 4.98 Å². The Labute approximate surface area is 72.5 Å². The van der Waals surface area contributed by atoms with Gasteiger partial charge in [0.05, 0.1) is 11.4 Å². The van der Waals surface area contributed by atoms with Gasteiger partial charge in [0.1, 0.15) is 0 Å². The Morgan fingerprint density at radius 1 is 1.58 bits per heavy atom. The Hall–Kier alpha value is -1.44. The largest absolute Gasteiger partial charge is 0.303 e. The first kappa shape index (κ1) is 8.65. The van der Waals surface area contributed by atoms with Gasteiger partial charge in [-0.25, -0.2) is 0 Å². The third kappa shape index (κ3) is 2.31. The fourth-order valence-electron chi connectivity index (χ4n) is 0.916. The second-order valence-corrected chi connectivity index (χ2v) is 2.52. The van der Waals surface area contributed by atoms with Crippen LogP contribution in [0, 0.1) is 5.41 Å². The van der Waals surface area contributed by atoms with Gasteiger partial charge in [-0.05, 0) is 25.0 Å². The molecular formula is C10H12N2. The van der Waals surface area contributed by atoms with Gasteiger partial charge in [-0.1, -0.05) is 12.1 Å². The summed E-state index contributed by atoms with van der Waals surface area (Å²) in [6.07, 6.45) is 5.09. The van der Waals surface area contributed by atoms with Gasteiger partial charge in [0, 0.05) is 6.20 Å². The minimum absolute atomic E-state index is 0.579. The van der Waals surface area contributed by atoms with Crippen LogP contribution < -0.4 is 0 Å². The van der Waals surface area contributed by atoms with Gasteiger partial charge in [0.15, 0.2) is 0 Å². The lowest BCUT2D eigenvalue weighted by Crippen LogP contribution is -2.00. The molecule has 2 heteroatoms. The van der Waals surface area contributed by atoms with Crippen LogP contribution in [0.15, 0.2) is 37.1 Å². The summed E-state index contributed by atoms with van der Waals surface area (Å²) in [5.41, 5.74) is 1.34. The van der Waals surface area contributed by atoms with E-state index >= 15 is 0 Å². The maximum atomic E-state index is 7.62. The van der Waals surface area contributed by atoms with E-state index in [0.717, 1.165) is 18.5 Å². The highest BCUT2D eigenvalue weighted by Gasteiger charge is 1.98. The lowest BCUT2D eigenvalue weighted by molar-refractivity contribution is 1.07. The molecule has 0 aliphatic heterocycles. The van der Waals surface area contributed by atoms with E-state index in [-0.39, 0.29) is 0 Å². The predicted molar refractivity (Wildman–Crippen MR) is 50.5 cm³/mol. The van der Waals surface area contributed by atoms with Crippen molar-refractivity contribution < 1.29 is 0 Å². The molecule has 0 fully saturated rings. The second kappa shape index (κ2) is 4.44. The number of aromatic nitrogens is 1. The van der Waals surface area contributed by atoms with Crippen LogP contribution in [0.1, 0.15) is 18.5 Å². The lowest BCUT2D eigenvalue weighted by atomic mass is 10.1. The molecule has 0 amide bonds. The molecule has 0 unspecified atom stereocenters. The molecule has 0 aliphatic carbocycles. The molecule has 2 nitrogen and oxygen atoms in total. The van der Waals surface area contributed by atoms with Crippen molar-refractivity contribution in [3.05, 3.63) is 42.7 Å². The molecular weight excluding hydrogens is 148 g/mol. The number of hydrogen-bond donors (Lipinski definition) is 1. The maximum absolute atomic E-state index is 7.62. The van der Waals surface area contributed by atoms with Gasteiger partial charge in [0.2, 0.25) is 0 Å². The van der Waals surface area contributed by atoms with Crippen LogP contribution in [-0.2, 0) is 0 Å². The summed E-state index contributed by atoms with van der Waals surface area (Å²) < 4.78 is 0. The Bertz CT molecular complexity index is 264. The van der Waals surface area contributed by atoms with Crippen molar-refractivity contribution in [3.63, 3.8) is 0 Å². The summed E-state index contributed by atoms with van der Waals surface area (Å²) in [4.78, 5) is 4.07. The predicted octanol–water partition coefficient (Wildman–Crippen LogP) is 2.42. The van der Waals surface area contributed by atoms with Crippen LogP contribution >= 0.6 is 0 Å². The number of hydrogen-bond acceptors (Lipinski definition) is 2. The first-order chi connectivity index (χ1) is 5.84. The molecule has 0 saturated carbocycles. The van der Waals surface area contributed by atoms with Gasteiger partial charge < -0.3 is 5.41 Å². The number of nitrogens with zero attached hydrogens (tertiary/aromatic N) is 1. The molecule has 0 spiro atoms. The average molecular weight is 160 g/mol. The standard InChI is InChI=1S/C10H12N2/c1-2-3-6-9(11)10-7-4-5-8-12-10/h2,4-5,7-8,11H,1,3,6H2. The van der Waals surface area contributed by atoms with Gasteiger partial charge in [-0.15, -0.1) is 6.58 Å². The van der Waals surface area contributed by atoms with Crippen molar-refractivity contribution in [3.8, 4) is 0 Å². The van der Waals surface area contributed by atoms with E-state index in [1.54, 1.807) is 6.20 Å². The average Bonchev–Trinajstić information content (AvgIpc) is 2.15. The second-order valence-electron chi connectivity index (χ2n) is 2.52. The van der Waals surface area contributed by atoms with Crippen molar-refractivity contribution in [2.75, 3.05) is 0 Å². The summed E-state index contributed by atoms with van der Waals surface area (Å²) in [6.45, 7) is 3.61. The van der Waals surface area contributed by atoms with Crippen molar-refractivity contribution >= 4 is 5.71 Å². The van der Waals surface area contributed by atoms with E-state index in [1.807, 2.05) is 24.3 Å². The van der Waals surface area contributed by atoms with Crippen LogP contribution in [0.4, 0.5) is 0 Å². The molecule has 62 valence electrons. The molecule has 0 saturated heterocycles. The lowest BCUT2D eigenvalue weighted by Gasteiger charge is -1.99. The van der Waals surface area contributed by atoms with E-state index < -0.39 is 0 Å². The van der Waals surface area contributed by atoms with Crippen LogP contribution in [-0.4, -0.2) is 10.7 Å². The van der Waals surface area contributed by atoms with Gasteiger partial charge in [-0.2, -0.15) is 0 Å². The molecule has 1 heterocycles. The number of nitrogens with one attached hydrogen (secondary N) is 1. The summed E-state index contributed by atoms with van der Waals surface area (Å²) in [6, 6.07) is 5.60. The number of allylic oxidation sites excluding steroid dienone is 1. The Balaban J connectivity index is 2.59. The van der Waals surface area contributed by atoms with E-state index in [2.05, 4.69) is 11.6 Å². The highest BCUT2D eigenvalue weighted by molar-refractivity contribution is 5.96. The van der Waals surface area contributed by atoms with Crippen LogP contribution in [0.3, 0.4) is 0 Å². The van der Waals surface area contributed by atoms with E-state index in [0.29, 0.717) is 5.71 Å². The molecule has 1 aromatic heterocycles. The fourth-order valence-corrected chi connectivity index (χ4v) is 0.916. The summed E-state index contributed by atoms with van der Waals surface area (Å²) in [7, 11) is 0. The normalized spacial score (nSPS) is 9.33. The Morgan fingerprint density at radius 3 is 3.00 bits per heavy atom. The van der Waals surface area contributed by atoms with E-state index in [1.165, 1.54) is 0 Å². The molecule has 12 heavy (non-hydrogen) atoms. The molecule has 1 aromatic rings. The van der Waals surface area contributed by atoms with Gasteiger partial charge in [0.25, 0.3) is 0 Å². The number of rotatable bonds is 4. The minimum Gasteiger partial charge on any atom is -0.303 e. The molecule has 0 bridgehead atoms. The summed E-state index contributed by atoms with van der Waals surface area (Å²) in [5, 5.41) is 7.62. The molecule has 0 aliphatic rings. The topological polar surface area (TPSA) is 36.7 Å². The minimum atomic E-state index is 0.579. The summed E-state index contributed by atoms with van der Waals surface area (Å²) in [5.74, 6) is 0. The van der Waals surface area contributed by atoms with Crippen molar-refractivity contribution in [2.24, 2.45) is 0 Å². The highest BCUT2D eigenvalue weighted by atomic mass is 14.7. The summed E-state index contributed by atoms with van der Waals surface area (Å²) >= 11 is 0. The molecule has 1 N–H and O–H groups in total. The Kier molecular flexibility index (Phi) is 3.20. The fraction of sp³-hybridized carbons (Fsp3) is 0.200. The molecule has 0 aromatic carbocycles. The van der Waals surface area contributed by atoms with E-state index in [4.69, 9.17) is 5.41 Å². The third-order valence-corrected chi connectivity index (χ3v) is 1.57. The first-order valence-corrected chi connectivity index (χ1v) is 3.94. The molecule has 1 rings (SSSR count). The highest BCUT2D eigenvalue weighted by Crippen LogP contribution is 2.01. The van der Waals surface area contributed by atoms with E-state index in [9.17, 15) is 0 Å².